The van der Waals surface area contributed by atoms with Crippen molar-refractivity contribution in [1.29, 1.82) is 0 Å². The number of piperazine rings is 1. The van der Waals surface area contributed by atoms with Gasteiger partial charge < -0.3 is 53.4 Å². The summed E-state index contributed by atoms with van der Waals surface area (Å²) in [4.78, 5) is 80.4. The molecular formula is C50H63F2N3O14. The van der Waals surface area contributed by atoms with Crippen molar-refractivity contribution in [3.8, 4) is 5.75 Å². The van der Waals surface area contributed by atoms with Crippen molar-refractivity contribution in [3.63, 3.8) is 0 Å². The summed E-state index contributed by atoms with van der Waals surface area (Å²) in [5, 5.41) is 25.1. The number of nitrogens with one attached hydrogen (secondary N) is 1. The molecule has 0 spiro atoms. The number of benzene rings is 1. The molecule has 0 amide bonds. The molecule has 4 saturated carbocycles. The fourth-order valence-electron chi connectivity index (χ4n) is 12.2. The Labute approximate surface area is 398 Å². The van der Waals surface area contributed by atoms with Crippen LogP contribution in [-0.2, 0) is 42.9 Å². The number of esters is 3. The lowest BCUT2D eigenvalue weighted by Gasteiger charge is -2.62. The molecule has 17 nitrogen and oxygen atoms in total. The Bertz CT molecular complexity index is 2490. The third-order valence-electron chi connectivity index (χ3n) is 15.7. The Kier molecular flexibility index (Phi) is 14.6. The fourth-order valence-corrected chi connectivity index (χ4v) is 12.2. The molecule has 3 N–H and O–H groups in total. The van der Waals surface area contributed by atoms with E-state index in [4.69, 9.17) is 28.4 Å². The number of Topliss-reactive ketones (excluding diaryl/α,β-unsaturated/α-hetero) is 1. The predicted octanol–water partition coefficient (Wildman–Crippen LogP) is 4.01. The van der Waals surface area contributed by atoms with Crippen LogP contribution in [0.2, 0.25) is 0 Å². The third kappa shape index (κ3) is 9.02. The molecule has 8 rings (SSSR count). The maximum Gasteiger partial charge on any atom is 0.343 e. The number of hydrogen-bond acceptors (Lipinski definition) is 16. The Hall–Kier alpha value is -5.08. The standard InChI is InChI=1S/C50H63F2N3O14/c1-29-26-54(16-15-53-29)43-37(51)24-33-42(45(43)64-4)55(31-6-7-31)27-34(44(33)62)46(63)68-22-20-66-18-17-65-19-21-67-40(60)9-10-41(61)69-49(39(59)28-56)14-12-35-36-8-5-30-23-32(57)11-13-47(30,2)50(36,52)38(58)25-48(35,49)3/h11,13,23-24,27,29,31,35-36,38,53,56,58H,5-10,12,14-22,25-26,28H2,1-4H3/t29?,35-,36?,38-,47-,48-,49-,50-/m0/s1. The maximum atomic E-state index is 17.5. The topological polar surface area (TPSA) is 218 Å². The summed E-state index contributed by atoms with van der Waals surface area (Å²) < 4.78 is 68.3. The Morgan fingerprint density at radius 2 is 1.64 bits per heavy atom. The largest absolute Gasteiger partial charge is 0.492 e. The fraction of sp³-hybridized carbons (Fsp3) is 0.640. The molecule has 19 heteroatoms. The highest BCUT2D eigenvalue weighted by Gasteiger charge is 2.75. The summed E-state index contributed by atoms with van der Waals surface area (Å²) in [7, 11) is 1.44. The average Bonchev–Trinajstić information content (AvgIpc) is 4.13. The van der Waals surface area contributed by atoms with Gasteiger partial charge in [0.05, 0.1) is 63.4 Å². The number of fused-ring (bicyclic) bond motifs is 6. The Morgan fingerprint density at radius 3 is 2.32 bits per heavy atom. The molecule has 0 bridgehead atoms. The van der Waals surface area contributed by atoms with Crippen LogP contribution in [0.4, 0.5) is 14.5 Å². The summed E-state index contributed by atoms with van der Waals surface area (Å²) in [6.07, 6.45) is 5.81. The number of alkyl halides is 1. The van der Waals surface area contributed by atoms with Crippen molar-refractivity contribution >= 4 is 46.1 Å². The molecule has 6 aliphatic rings. The summed E-state index contributed by atoms with van der Waals surface area (Å²) in [5.41, 5.74) is -6.04. The van der Waals surface area contributed by atoms with Crippen LogP contribution in [0.25, 0.3) is 10.9 Å². The number of ether oxygens (including phenoxy) is 6. The zero-order valence-electron chi connectivity index (χ0n) is 39.7. The molecule has 2 unspecified atom stereocenters. The normalized spacial score (nSPS) is 30.5. The van der Waals surface area contributed by atoms with E-state index in [0.717, 1.165) is 12.8 Å². The number of hydrogen-bond donors (Lipinski definition) is 3. The molecule has 1 aliphatic heterocycles. The number of pyridine rings is 1. The van der Waals surface area contributed by atoms with E-state index < -0.39 is 88.0 Å². The van der Waals surface area contributed by atoms with Crippen LogP contribution in [0.3, 0.4) is 0 Å². The highest BCUT2D eigenvalue weighted by molar-refractivity contribution is 6.01. The third-order valence-corrected chi connectivity index (χ3v) is 15.7. The van der Waals surface area contributed by atoms with Crippen molar-refractivity contribution in [2.45, 2.75) is 108 Å². The monoisotopic (exact) mass is 967 g/mol. The van der Waals surface area contributed by atoms with Gasteiger partial charge in [0.25, 0.3) is 0 Å². The summed E-state index contributed by atoms with van der Waals surface area (Å²) in [6.45, 7) is 6.09. The van der Waals surface area contributed by atoms with E-state index in [1.165, 1.54) is 37.6 Å². The van der Waals surface area contributed by atoms with Crippen LogP contribution in [0, 0.1) is 28.5 Å². The molecule has 1 aromatic heterocycles. The molecule has 0 radical (unpaired) electrons. The van der Waals surface area contributed by atoms with Crippen molar-refractivity contribution in [2.24, 2.45) is 22.7 Å². The molecule has 5 aliphatic carbocycles. The minimum absolute atomic E-state index is 0.000836. The van der Waals surface area contributed by atoms with Gasteiger partial charge >= 0.3 is 17.9 Å². The van der Waals surface area contributed by atoms with E-state index >= 15 is 8.78 Å². The first kappa shape index (κ1) is 50.3. The lowest BCUT2D eigenvalue weighted by Crippen LogP contribution is -2.69. The zero-order valence-corrected chi connectivity index (χ0v) is 39.7. The van der Waals surface area contributed by atoms with Crippen LogP contribution in [0.15, 0.2) is 40.9 Å². The van der Waals surface area contributed by atoms with E-state index in [1.54, 1.807) is 13.8 Å². The van der Waals surface area contributed by atoms with E-state index in [-0.39, 0.29) is 99.2 Å². The van der Waals surface area contributed by atoms with E-state index in [1.807, 2.05) is 16.4 Å². The number of anilines is 1. The molecule has 69 heavy (non-hydrogen) atoms. The van der Waals surface area contributed by atoms with Crippen molar-refractivity contribution in [3.05, 3.63) is 57.7 Å². The van der Waals surface area contributed by atoms with Gasteiger partial charge in [-0.25, -0.2) is 13.6 Å². The first-order valence-electron chi connectivity index (χ1n) is 24.0. The number of rotatable bonds is 19. The quantitative estimate of drug-likeness (QED) is 0.103. The van der Waals surface area contributed by atoms with Gasteiger partial charge in [0.2, 0.25) is 11.2 Å². The second-order valence-electron chi connectivity index (χ2n) is 19.7. The first-order valence-corrected chi connectivity index (χ1v) is 24.0. The molecule has 1 saturated heterocycles. The van der Waals surface area contributed by atoms with Gasteiger partial charge in [0.1, 0.15) is 31.1 Å². The molecule has 1 aromatic carbocycles. The molecule has 5 fully saturated rings. The van der Waals surface area contributed by atoms with Gasteiger partial charge in [0.15, 0.2) is 28.6 Å². The number of carbonyl (C=O) groups excluding carboxylic acids is 5. The first-order chi connectivity index (χ1) is 32.9. The minimum Gasteiger partial charge on any atom is -0.492 e. The molecule has 2 aromatic rings. The van der Waals surface area contributed by atoms with Crippen LogP contribution in [-0.4, -0.2) is 141 Å². The number of ketones is 2. The highest BCUT2D eigenvalue weighted by Crippen LogP contribution is 2.70. The number of nitrogens with zero attached hydrogens (tertiary/aromatic N) is 2. The highest BCUT2D eigenvalue weighted by atomic mass is 19.1. The number of halogens is 2. The van der Waals surface area contributed by atoms with Crippen LogP contribution < -0.4 is 20.4 Å². The summed E-state index contributed by atoms with van der Waals surface area (Å²) in [5.74, 6) is -5.07. The number of aromatic nitrogens is 1. The number of aliphatic hydroxyl groups is 2. The lowest BCUT2D eigenvalue weighted by molar-refractivity contribution is -0.225. The number of methoxy groups -OCH3 is 1. The SMILES string of the molecule is COc1c(N2CCNC(C)C2)c(F)cc2c(=O)c(C(=O)OCCOCCOCCOC(=O)CCC(=O)O[C@]3(C(=O)CO)CC[C@H]4C5CCC6=CC(=O)C=C[C@]6(C)[C@@]5(F)[C@@H](O)C[C@@]43C)cn(C3CC3)c12. The maximum absolute atomic E-state index is 17.5. The van der Waals surface area contributed by atoms with Gasteiger partial charge in [-0.3, -0.25) is 24.0 Å². The Morgan fingerprint density at radius 1 is 0.942 bits per heavy atom. The van der Waals surface area contributed by atoms with E-state index in [2.05, 4.69) is 5.32 Å². The predicted molar refractivity (Wildman–Crippen MR) is 244 cm³/mol. The zero-order chi connectivity index (χ0) is 49.5. The lowest BCUT2D eigenvalue weighted by atomic mass is 9.44. The number of carbonyl (C=O) groups is 5. The molecule has 376 valence electrons. The number of aliphatic hydroxyl groups excluding tert-OH is 2. The van der Waals surface area contributed by atoms with Crippen LogP contribution >= 0.6 is 0 Å². The van der Waals surface area contributed by atoms with E-state index in [9.17, 15) is 39.0 Å². The Balaban J connectivity index is 0.760. The number of allylic oxidation sites excluding steroid dienone is 4. The van der Waals surface area contributed by atoms with Crippen molar-refractivity contribution in [1.82, 2.24) is 9.88 Å². The van der Waals surface area contributed by atoms with Gasteiger partial charge in [-0.2, -0.15) is 0 Å². The van der Waals surface area contributed by atoms with Gasteiger partial charge in [-0.05, 0) is 82.9 Å². The van der Waals surface area contributed by atoms with E-state index in [0.29, 0.717) is 50.0 Å². The molecule has 2 heterocycles. The summed E-state index contributed by atoms with van der Waals surface area (Å²) >= 11 is 0. The molecule has 8 atom stereocenters. The van der Waals surface area contributed by atoms with Crippen LogP contribution in [0.5, 0.6) is 5.75 Å². The van der Waals surface area contributed by atoms with Crippen molar-refractivity contribution < 1.29 is 71.4 Å². The second-order valence-corrected chi connectivity index (χ2v) is 19.7. The average molecular weight is 968 g/mol. The second kappa shape index (κ2) is 20.0. The van der Waals surface area contributed by atoms with Gasteiger partial charge in [0, 0.05) is 54.7 Å². The van der Waals surface area contributed by atoms with Crippen LogP contribution in [0.1, 0.15) is 95.0 Å². The smallest absolute Gasteiger partial charge is 0.343 e. The van der Waals surface area contributed by atoms with Crippen molar-refractivity contribution in [2.75, 3.05) is 77.9 Å². The summed E-state index contributed by atoms with van der Waals surface area (Å²) in [6, 6.07) is 1.31. The van der Waals surface area contributed by atoms with Gasteiger partial charge in [-0.15, -0.1) is 0 Å². The minimum atomic E-state index is -2.15. The molecular weight excluding hydrogens is 905 g/mol. The van der Waals surface area contributed by atoms with Gasteiger partial charge in [-0.1, -0.05) is 18.6 Å².